The lowest BCUT2D eigenvalue weighted by Crippen LogP contribution is -2.36. The number of amides is 1. The zero-order valence-electron chi connectivity index (χ0n) is 11.6. The van der Waals surface area contributed by atoms with E-state index in [4.69, 9.17) is 5.73 Å². The molecular weight excluding hydrogens is 244 g/mol. The van der Waals surface area contributed by atoms with Gasteiger partial charge in [-0.3, -0.25) is 4.79 Å². The number of benzene rings is 1. The third kappa shape index (κ3) is 3.42. The van der Waals surface area contributed by atoms with Gasteiger partial charge in [-0.25, -0.2) is 0 Å². The molecule has 1 rings (SSSR count). The van der Waals surface area contributed by atoms with Crippen molar-refractivity contribution in [2.75, 3.05) is 24.8 Å². The van der Waals surface area contributed by atoms with Gasteiger partial charge in [-0.05, 0) is 43.9 Å². The highest BCUT2D eigenvalue weighted by Gasteiger charge is 2.20. The van der Waals surface area contributed by atoms with Gasteiger partial charge in [0.15, 0.2) is 0 Å². The summed E-state index contributed by atoms with van der Waals surface area (Å²) in [6.07, 6.45) is 3.07. The molecule has 1 aromatic rings. The number of nitrogens with two attached hydrogens (primary N) is 1. The lowest BCUT2D eigenvalue weighted by molar-refractivity contribution is 0.0742. The molecule has 0 saturated heterocycles. The summed E-state index contributed by atoms with van der Waals surface area (Å²) in [5.74, 6) is 1.07. The molecule has 4 heteroatoms. The van der Waals surface area contributed by atoms with E-state index < -0.39 is 0 Å². The molecule has 0 bridgehead atoms. The van der Waals surface area contributed by atoms with Crippen LogP contribution in [0, 0.1) is 6.92 Å². The Kier molecular flexibility index (Phi) is 5.54. The minimum atomic E-state index is 0.0132. The standard InChI is InChI=1S/C14H22N2OS/c1-10-6-5-7-12(15)13(10)14(17)16(3)11(2)8-9-18-4/h5-7,11H,8-9,15H2,1-4H3. The highest BCUT2D eigenvalue weighted by Crippen LogP contribution is 2.19. The van der Waals surface area contributed by atoms with Crippen LogP contribution in [0.3, 0.4) is 0 Å². The number of hydrogen-bond acceptors (Lipinski definition) is 3. The van der Waals surface area contributed by atoms with E-state index in [1.54, 1.807) is 22.7 Å². The molecule has 1 amide bonds. The molecule has 1 aromatic carbocycles. The minimum absolute atomic E-state index is 0.0132. The van der Waals surface area contributed by atoms with Crippen molar-refractivity contribution in [3.05, 3.63) is 29.3 Å². The summed E-state index contributed by atoms with van der Waals surface area (Å²) in [5, 5.41) is 0. The molecule has 1 unspecified atom stereocenters. The average molecular weight is 266 g/mol. The molecule has 1 atom stereocenters. The summed E-state index contributed by atoms with van der Waals surface area (Å²) >= 11 is 1.80. The first kappa shape index (κ1) is 14.9. The van der Waals surface area contributed by atoms with Gasteiger partial charge in [0, 0.05) is 18.8 Å². The van der Waals surface area contributed by atoms with E-state index in [9.17, 15) is 4.79 Å². The van der Waals surface area contributed by atoms with Crippen LogP contribution in [0.1, 0.15) is 29.3 Å². The molecule has 100 valence electrons. The topological polar surface area (TPSA) is 46.3 Å². The quantitative estimate of drug-likeness (QED) is 0.834. The molecule has 3 nitrogen and oxygen atoms in total. The van der Waals surface area contributed by atoms with Gasteiger partial charge in [0.05, 0.1) is 5.56 Å². The van der Waals surface area contributed by atoms with Crippen LogP contribution in [0.15, 0.2) is 18.2 Å². The van der Waals surface area contributed by atoms with Crippen molar-refractivity contribution in [3.8, 4) is 0 Å². The van der Waals surface area contributed by atoms with Crippen LogP contribution in [-0.2, 0) is 0 Å². The number of anilines is 1. The van der Waals surface area contributed by atoms with E-state index in [1.807, 2.05) is 26.1 Å². The molecule has 0 fully saturated rings. The smallest absolute Gasteiger partial charge is 0.256 e. The van der Waals surface area contributed by atoms with E-state index in [-0.39, 0.29) is 11.9 Å². The molecule has 0 aromatic heterocycles. The van der Waals surface area contributed by atoms with Gasteiger partial charge in [-0.15, -0.1) is 0 Å². The van der Waals surface area contributed by atoms with Gasteiger partial charge in [-0.1, -0.05) is 12.1 Å². The van der Waals surface area contributed by atoms with Gasteiger partial charge in [0.1, 0.15) is 0 Å². The molecule has 0 heterocycles. The summed E-state index contributed by atoms with van der Waals surface area (Å²) in [4.78, 5) is 14.2. The Morgan fingerprint density at radius 1 is 1.50 bits per heavy atom. The molecular formula is C14H22N2OS. The zero-order chi connectivity index (χ0) is 13.7. The molecule has 0 spiro atoms. The van der Waals surface area contributed by atoms with E-state index in [0.717, 1.165) is 17.7 Å². The molecule has 2 N–H and O–H groups in total. The molecule has 0 aliphatic carbocycles. The first-order valence-electron chi connectivity index (χ1n) is 6.10. The number of aryl methyl sites for hydroxylation is 1. The number of nitrogens with zero attached hydrogens (tertiary/aromatic N) is 1. The number of carbonyl (C=O) groups is 1. The van der Waals surface area contributed by atoms with Gasteiger partial charge in [-0.2, -0.15) is 11.8 Å². The number of carbonyl (C=O) groups excluding carboxylic acids is 1. The van der Waals surface area contributed by atoms with Crippen LogP contribution in [0.25, 0.3) is 0 Å². The number of hydrogen-bond donors (Lipinski definition) is 1. The number of rotatable bonds is 5. The second kappa shape index (κ2) is 6.69. The van der Waals surface area contributed by atoms with Gasteiger partial charge < -0.3 is 10.6 Å². The van der Waals surface area contributed by atoms with Crippen LogP contribution in [0.2, 0.25) is 0 Å². The Labute approximate surface area is 114 Å². The lowest BCUT2D eigenvalue weighted by Gasteiger charge is -2.26. The van der Waals surface area contributed by atoms with Crippen LogP contribution >= 0.6 is 11.8 Å². The predicted molar refractivity (Wildman–Crippen MR) is 80.1 cm³/mol. The maximum atomic E-state index is 12.4. The van der Waals surface area contributed by atoms with Crippen LogP contribution in [0.5, 0.6) is 0 Å². The fraction of sp³-hybridized carbons (Fsp3) is 0.500. The Morgan fingerprint density at radius 3 is 2.72 bits per heavy atom. The van der Waals surface area contributed by atoms with Gasteiger partial charge >= 0.3 is 0 Å². The molecule has 0 saturated carbocycles. The van der Waals surface area contributed by atoms with Crippen LogP contribution in [-0.4, -0.2) is 35.9 Å². The van der Waals surface area contributed by atoms with Crippen molar-refractivity contribution < 1.29 is 4.79 Å². The predicted octanol–water partition coefficient (Wildman–Crippen LogP) is 2.79. The third-order valence-electron chi connectivity index (χ3n) is 3.24. The maximum absolute atomic E-state index is 12.4. The fourth-order valence-corrected chi connectivity index (χ4v) is 2.42. The monoisotopic (exact) mass is 266 g/mol. The van der Waals surface area contributed by atoms with Crippen molar-refractivity contribution in [3.63, 3.8) is 0 Å². The third-order valence-corrected chi connectivity index (χ3v) is 3.88. The van der Waals surface area contributed by atoms with E-state index >= 15 is 0 Å². The number of thioether (sulfide) groups is 1. The first-order valence-corrected chi connectivity index (χ1v) is 7.49. The summed E-state index contributed by atoms with van der Waals surface area (Å²) in [7, 11) is 1.85. The zero-order valence-corrected chi connectivity index (χ0v) is 12.4. The van der Waals surface area contributed by atoms with Crippen LogP contribution in [0.4, 0.5) is 5.69 Å². The molecule has 0 aliphatic heterocycles. The van der Waals surface area contributed by atoms with E-state index in [0.29, 0.717) is 11.3 Å². The Balaban J connectivity index is 2.86. The van der Waals surface area contributed by atoms with Crippen molar-refractivity contribution in [2.45, 2.75) is 26.3 Å². The Bertz CT molecular complexity index is 400. The average Bonchev–Trinajstić information content (AvgIpc) is 2.34. The normalized spacial score (nSPS) is 12.2. The summed E-state index contributed by atoms with van der Waals surface area (Å²) in [6.45, 7) is 3.99. The van der Waals surface area contributed by atoms with Gasteiger partial charge in [0.2, 0.25) is 0 Å². The molecule has 18 heavy (non-hydrogen) atoms. The second-order valence-electron chi connectivity index (χ2n) is 4.59. The Morgan fingerprint density at radius 2 is 2.17 bits per heavy atom. The van der Waals surface area contributed by atoms with E-state index in [1.165, 1.54) is 0 Å². The largest absolute Gasteiger partial charge is 0.398 e. The van der Waals surface area contributed by atoms with Gasteiger partial charge in [0.25, 0.3) is 5.91 Å². The second-order valence-corrected chi connectivity index (χ2v) is 5.57. The summed E-state index contributed by atoms with van der Waals surface area (Å²) < 4.78 is 0. The highest BCUT2D eigenvalue weighted by molar-refractivity contribution is 7.98. The first-order chi connectivity index (χ1) is 8.49. The molecule has 0 aliphatic rings. The lowest BCUT2D eigenvalue weighted by atomic mass is 10.0. The van der Waals surface area contributed by atoms with Crippen molar-refractivity contribution >= 4 is 23.4 Å². The fourth-order valence-electron chi connectivity index (χ4n) is 1.84. The summed E-state index contributed by atoms with van der Waals surface area (Å²) in [6, 6.07) is 5.80. The van der Waals surface area contributed by atoms with Crippen molar-refractivity contribution in [2.24, 2.45) is 0 Å². The van der Waals surface area contributed by atoms with Crippen molar-refractivity contribution in [1.82, 2.24) is 4.90 Å². The summed E-state index contributed by atoms with van der Waals surface area (Å²) in [5.41, 5.74) is 8.04. The SMILES string of the molecule is CSCCC(C)N(C)C(=O)c1c(C)cccc1N. The minimum Gasteiger partial charge on any atom is -0.398 e. The van der Waals surface area contributed by atoms with Crippen LogP contribution < -0.4 is 5.73 Å². The molecule has 0 radical (unpaired) electrons. The van der Waals surface area contributed by atoms with E-state index in [2.05, 4.69) is 13.2 Å². The maximum Gasteiger partial charge on any atom is 0.256 e. The highest BCUT2D eigenvalue weighted by atomic mass is 32.2. The van der Waals surface area contributed by atoms with Crippen molar-refractivity contribution in [1.29, 1.82) is 0 Å². The Hall–Kier alpha value is -1.16. The number of nitrogen functional groups attached to an aromatic ring is 1.